The predicted octanol–water partition coefficient (Wildman–Crippen LogP) is 1.88. The molecule has 2 aromatic carbocycles. The van der Waals surface area contributed by atoms with Gasteiger partial charge in [0.25, 0.3) is 0 Å². The number of benzene rings is 2. The van der Waals surface area contributed by atoms with Gasteiger partial charge in [0, 0.05) is 16.6 Å². The normalized spacial score (nSPS) is 11.4. The second kappa shape index (κ2) is 9.62. The molecule has 0 aliphatic carbocycles. The number of nitrogens with one attached hydrogen (secondary N) is 2. The number of anilines is 2. The number of carbonyl (C=O) groups excluding carboxylic acids is 1. The molecule has 8 heteroatoms. The number of nitrogens with two attached hydrogens (primary N) is 1. The fraction of sp³-hybridized carbons (Fsp3) is 0.238. The minimum Gasteiger partial charge on any atom is -0.375 e. The molecule has 7 nitrogen and oxygen atoms in total. The second-order valence-corrected chi connectivity index (χ2v) is 7.60. The molecule has 1 heterocycles. The summed E-state index contributed by atoms with van der Waals surface area (Å²) in [4.78, 5) is 16.1. The zero-order valence-corrected chi connectivity index (χ0v) is 16.7. The molecule has 0 atom stereocenters. The highest BCUT2D eigenvalue weighted by Crippen LogP contribution is 2.20. The summed E-state index contributed by atoms with van der Waals surface area (Å²) in [6, 6.07) is 16.4. The lowest BCUT2D eigenvalue weighted by Crippen LogP contribution is -2.38. The van der Waals surface area contributed by atoms with E-state index in [0.717, 1.165) is 6.42 Å². The maximum Gasteiger partial charge on any atom is 0.230 e. The minimum atomic E-state index is -2.00. The third kappa shape index (κ3) is 6.37. The van der Waals surface area contributed by atoms with E-state index in [1.54, 1.807) is 29.6 Å². The molecule has 0 unspecified atom stereocenters. The van der Waals surface area contributed by atoms with Gasteiger partial charge in [-0.15, -0.1) is 11.3 Å². The summed E-state index contributed by atoms with van der Waals surface area (Å²) in [6.07, 6.45) is 0.928. The lowest BCUT2D eigenvalue weighted by Gasteiger charge is -2.23. The molecule has 0 bridgehead atoms. The Balaban J connectivity index is 1.48. The average molecular weight is 413 g/mol. The molecule has 6 N–H and O–H groups in total. The monoisotopic (exact) mass is 412 g/mol. The molecule has 3 rings (SSSR count). The van der Waals surface area contributed by atoms with Crippen LogP contribution in [0.2, 0.25) is 0 Å². The molecule has 0 saturated heterocycles. The van der Waals surface area contributed by atoms with Crippen molar-refractivity contribution in [3.8, 4) is 0 Å². The Bertz CT molecular complexity index is 927. The average Bonchev–Trinajstić information content (AvgIpc) is 3.11. The summed E-state index contributed by atoms with van der Waals surface area (Å²) >= 11 is 1.29. The Morgan fingerprint density at radius 2 is 1.83 bits per heavy atom. The van der Waals surface area contributed by atoms with Crippen molar-refractivity contribution in [2.75, 3.05) is 24.1 Å². The maximum atomic E-state index is 12.1. The van der Waals surface area contributed by atoms with Crippen LogP contribution in [0.15, 0.2) is 60.0 Å². The van der Waals surface area contributed by atoms with Crippen LogP contribution in [-0.4, -0.2) is 34.2 Å². The maximum absolute atomic E-state index is 12.1. The molecule has 0 fully saturated rings. The van der Waals surface area contributed by atoms with E-state index in [1.165, 1.54) is 16.9 Å². The molecule has 0 spiro atoms. The van der Waals surface area contributed by atoms with Crippen LogP contribution in [0, 0.1) is 0 Å². The highest BCUT2D eigenvalue weighted by atomic mass is 32.1. The summed E-state index contributed by atoms with van der Waals surface area (Å²) < 4.78 is 0. The number of amides is 1. The highest BCUT2D eigenvalue weighted by Gasteiger charge is 2.25. The summed E-state index contributed by atoms with van der Waals surface area (Å²) in [5.41, 5.74) is 8.27. The van der Waals surface area contributed by atoms with Crippen LogP contribution in [0.5, 0.6) is 0 Å². The van der Waals surface area contributed by atoms with E-state index in [2.05, 4.69) is 15.6 Å². The Labute approximate surface area is 173 Å². The first-order valence-electron chi connectivity index (χ1n) is 9.22. The second-order valence-electron chi connectivity index (χ2n) is 6.71. The third-order valence-electron chi connectivity index (χ3n) is 4.35. The van der Waals surface area contributed by atoms with Crippen LogP contribution < -0.4 is 16.4 Å². The van der Waals surface area contributed by atoms with Crippen LogP contribution >= 0.6 is 11.3 Å². The Morgan fingerprint density at radius 1 is 1.10 bits per heavy atom. The zero-order valence-electron chi connectivity index (χ0n) is 15.8. The number of rotatable bonds is 9. The molecule has 29 heavy (non-hydrogen) atoms. The van der Waals surface area contributed by atoms with Crippen molar-refractivity contribution >= 4 is 28.1 Å². The van der Waals surface area contributed by atoms with Crippen molar-refractivity contribution in [2.24, 2.45) is 0 Å². The number of hydrogen-bond donors (Lipinski definition) is 5. The molecule has 0 aliphatic heterocycles. The van der Waals surface area contributed by atoms with Crippen LogP contribution in [0.1, 0.15) is 16.8 Å². The quantitative estimate of drug-likeness (QED) is 0.270. The van der Waals surface area contributed by atoms with Gasteiger partial charge in [0.2, 0.25) is 11.7 Å². The highest BCUT2D eigenvalue weighted by molar-refractivity contribution is 7.13. The number of thiazole rings is 1. The van der Waals surface area contributed by atoms with E-state index in [9.17, 15) is 15.0 Å². The summed E-state index contributed by atoms with van der Waals surface area (Å²) in [7, 11) is 0. The van der Waals surface area contributed by atoms with Gasteiger partial charge >= 0.3 is 0 Å². The van der Waals surface area contributed by atoms with E-state index < -0.39 is 5.79 Å². The Morgan fingerprint density at radius 3 is 2.48 bits per heavy atom. The topological polar surface area (TPSA) is 120 Å². The van der Waals surface area contributed by atoms with Gasteiger partial charge in [-0.3, -0.25) is 4.79 Å². The number of nitrogens with zero attached hydrogens (tertiary/aromatic N) is 1. The molecular weight excluding hydrogens is 388 g/mol. The van der Waals surface area contributed by atoms with Crippen molar-refractivity contribution in [1.29, 1.82) is 0 Å². The first kappa shape index (κ1) is 20.9. The van der Waals surface area contributed by atoms with Crippen molar-refractivity contribution < 1.29 is 15.0 Å². The van der Waals surface area contributed by atoms with E-state index in [-0.39, 0.29) is 18.9 Å². The van der Waals surface area contributed by atoms with Gasteiger partial charge in [-0.05, 0) is 30.7 Å². The fourth-order valence-corrected chi connectivity index (χ4v) is 3.40. The van der Waals surface area contributed by atoms with Gasteiger partial charge in [0.05, 0.1) is 18.7 Å². The first-order chi connectivity index (χ1) is 13.9. The molecule has 0 radical (unpaired) electrons. The SMILES string of the molecule is Nc1nc(CC(=O)Nc2ccc(C(O)(O)CNCCc3ccccc3)cc2)cs1. The molecule has 1 aromatic heterocycles. The molecule has 1 amide bonds. The molecule has 0 aliphatic rings. The van der Waals surface area contributed by atoms with Crippen molar-refractivity contribution in [2.45, 2.75) is 18.6 Å². The number of carbonyl (C=O) groups is 1. The lowest BCUT2D eigenvalue weighted by atomic mass is 10.1. The van der Waals surface area contributed by atoms with Gasteiger partial charge in [-0.2, -0.15) is 0 Å². The van der Waals surface area contributed by atoms with E-state index in [4.69, 9.17) is 5.73 Å². The van der Waals surface area contributed by atoms with Gasteiger partial charge in [-0.1, -0.05) is 42.5 Å². The summed E-state index contributed by atoms with van der Waals surface area (Å²) in [6.45, 7) is 0.624. The van der Waals surface area contributed by atoms with Crippen molar-refractivity contribution in [3.63, 3.8) is 0 Å². The van der Waals surface area contributed by atoms with Gasteiger partial charge < -0.3 is 26.6 Å². The van der Waals surface area contributed by atoms with Crippen LogP contribution in [0.4, 0.5) is 10.8 Å². The minimum absolute atomic E-state index is 0.00319. The van der Waals surface area contributed by atoms with E-state index in [1.807, 2.05) is 30.3 Å². The van der Waals surface area contributed by atoms with Crippen molar-refractivity contribution in [1.82, 2.24) is 10.3 Å². The largest absolute Gasteiger partial charge is 0.375 e. The van der Waals surface area contributed by atoms with Gasteiger partial charge in [-0.25, -0.2) is 4.98 Å². The Hall–Kier alpha value is -2.78. The van der Waals surface area contributed by atoms with E-state index in [0.29, 0.717) is 28.6 Å². The van der Waals surface area contributed by atoms with Gasteiger partial charge in [0.15, 0.2) is 5.13 Å². The number of aromatic nitrogens is 1. The molecule has 152 valence electrons. The lowest BCUT2D eigenvalue weighted by molar-refractivity contribution is -0.165. The molecular formula is C21H24N4O3S. The smallest absolute Gasteiger partial charge is 0.230 e. The molecule has 0 saturated carbocycles. The first-order valence-corrected chi connectivity index (χ1v) is 10.1. The third-order valence-corrected chi connectivity index (χ3v) is 5.07. The summed E-state index contributed by atoms with van der Waals surface area (Å²) in [5, 5.41) is 28.7. The molecule has 3 aromatic rings. The van der Waals surface area contributed by atoms with Crippen LogP contribution in [-0.2, 0) is 23.4 Å². The fourth-order valence-electron chi connectivity index (χ4n) is 2.84. The van der Waals surface area contributed by atoms with Gasteiger partial charge in [0.1, 0.15) is 0 Å². The Kier molecular flexibility index (Phi) is 6.95. The summed E-state index contributed by atoms with van der Waals surface area (Å²) in [5.74, 6) is -2.22. The van der Waals surface area contributed by atoms with E-state index >= 15 is 0 Å². The number of nitrogen functional groups attached to an aromatic ring is 1. The number of aliphatic hydroxyl groups is 2. The van der Waals surface area contributed by atoms with Crippen LogP contribution in [0.25, 0.3) is 0 Å². The van der Waals surface area contributed by atoms with Crippen molar-refractivity contribution in [3.05, 3.63) is 76.8 Å². The van der Waals surface area contributed by atoms with Crippen LogP contribution in [0.3, 0.4) is 0 Å². The standard InChI is InChI=1S/C21H24N4O3S/c22-20-25-18(13-29-20)12-19(26)24-17-8-6-16(7-9-17)21(27,28)14-23-11-10-15-4-2-1-3-5-15/h1-9,13,23,27-28H,10-12,14H2,(H2,22,25)(H,24,26). The predicted molar refractivity (Wildman–Crippen MR) is 114 cm³/mol. The zero-order chi connectivity index (χ0) is 20.7. The number of hydrogen-bond acceptors (Lipinski definition) is 7.